The molecule has 0 saturated carbocycles. The van der Waals surface area contributed by atoms with Gasteiger partial charge in [0.2, 0.25) is 10.0 Å². The topological polar surface area (TPSA) is 134 Å². The number of H-pyrrole nitrogens is 1. The lowest BCUT2D eigenvalue weighted by Gasteiger charge is -2.27. The number of benzene rings is 1. The number of sulfonamides is 1. The number of carbonyl (C=O) groups is 1. The fourth-order valence-electron chi connectivity index (χ4n) is 4.08. The van der Waals surface area contributed by atoms with E-state index in [4.69, 9.17) is 0 Å². The van der Waals surface area contributed by atoms with Crippen LogP contribution in [0.5, 0.6) is 0 Å². The monoisotopic (exact) mass is 449 g/mol. The highest BCUT2D eigenvalue weighted by Crippen LogP contribution is 2.30. The summed E-state index contributed by atoms with van der Waals surface area (Å²) < 4.78 is 37.6. The van der Waals surface area contributed by atoms with E-state index in [1.165, 1.54) is 6.20 Å². The molecule has 0 spiro atoms. The third kappa shape index (κ3) is 3.94. The van der Waals surface area contributed by atoms with Gasteiger partial charge in [0.05, 0.1) is 17.9 Å². The Labute approximate surface area is 178 Å². The maximum Gasteiger partial charge on any atom is 0.276 e. The molecule has 1 amide bonds. The first kappa shape index (κ1) is 20.8. The van der Waals surface area contributed by atoms with Crippen LogP contribution < -0.4 is 4.72 Å². The Balaban J connectivity index is 1.56. The highest BCUT2D eigenvalue weighted by atomic mass is 32.2. The van der Waals surface area contributed by atoms with E-state index < -0.39 is 10.0 Å². The van der Waals surface area contributed by atoms with E-state index >= 15 is 0 Å². The summed E-state index contributed by atoms with van der Waals surface area (Å²) in [7, 11) is -3.80. The molecule has 3 aromatic rings. The number of aromatic amines is 1. The van der Waals surface area contributed by atoms with Crippen LogP contribution in [0, 0.1) is 11.8 Å². The zero-order valence-electron chi connectivity index (χ0n) is 16.6. The van der Waals surface area contributed by atoms with E-state index in [2.05, 4.69) is 28.9 Å². The summed E-state index contributed by atoms with van der Waals surface area (Å²) in [4.78, 5) is 14.5. The van der Waals surface area contributed by atoms with Gasteiger partial charge in [-0.2, -0.15) is 24.2 Å². The summed E-state index contributed by atoms with van der Waals surface area (Å²) in [5, 5.41) is 10.0. The van der Waals surface area contributed by atoms with Crippen molar-refractivity contribution in [2.75, 3.05) is 13.1 Å². The van der Waals surface area contributed by atoms with Gasteiger partial charge in [0.25, 0.3) is 5.91 Å². The smallest absolute Gasteiger partial charge is 0.276 e. The fraction of sp³-hybridized carbons (Fsp3) is 0.500. The van der Waals surface area contributed by atoms with Crippen molar-refractivity contribution in [2.45, 2.75) is 37.6 Å². The molecule has 0 aliphatic carbocycles. The number of hydrogen-bond acceptors (Lipinski definition) is 8. The Morgan fingerprint density at radius 1 is 1.37 bits per heavy atom. The Bertz CT molecular complexity index is 1130. The van der Waals surface area contributed by atoms with Crippen molar-refractivity contribution in [3.63, 3.8) is 0 Å². The Morgan fingerprint density at radius 3 is 2.93 bits per heavy atom. The van der Waals surface area contributed by atoms with Crippen LogP contribution >= 0.6 is 11.7 Å². The van der Waals surface area contributed by atoms with Crippen molar-refractivity contribution in [2.24, 2.45) is 11.8 Å². The molecule has 1 aliphatic rings. The molecule has 30 heavy (non-hydrogen) atoms. The van der Waals surface area contributed by atoms with Crippen LogP contribution in [0.15, 0.2) is 29.3 Å². The minimum Gasteiger partial charge on any atom is -0.337 e. The first-order chi connectivity index (χ1) is 14.4. The molecule has 1 fully saturated rings. The first-order valence-electron chi connectivity index (χ1n) is 9.79. The quantitative estimate of drug-likeness (QED) is 0.560. The molecule has 0 unspecified atom stereocenters. The molecule has 3 atom stereocenters. The lowest BCUT2D eigenvalue weighted by molar-refractivity contribution is 0.0777. The predicted molar refractivity (Wildman–Crippen MR) is 111 cm³/mol. The number of amides is 1. The second-order valence-electron chi connectivity index (χ2n) is 7.61. The average molecular weight is 450 g/mol. The van der Waals surface area contributed by atoms with E-state index in [1.54, 1.807) is 23.1 Å². The van der Waals surface area contributed by atoms with Gasteiger partial charge < -0.3 is 4.90 Å². The van der Waals surface area contributed by atoms with Gasteiger partial charge in [-0.15, -0.1) is 0 Å². The van der Waals surface area contributed by atoms with Crippen LogP contribution in [0.1, 0.15) is 37.2 Å². The summed E-state index contributed by atoms with van der Waals surface area (Å²) in [5.41, 5.74) is 1.21. The molecular weight excluding hydrogens is 426 g/mol. The van der Waals surface area contributed by atoms with Crippen LogP contribution in [0.2, 0.25) is 0 Å². The molecule has 1 aliphatic heterocycles. The Hall–Kier alpha value is -2.44. The second-order valence-corrected chi connectivity index (χ2v) is 9.82. The molecule has 10 nitrogen and oxygen atoms in total. The predicted octanol–water partition coefficient (Wildman–Crippen LogP) is 1.66. The SMILES string of the molecule is CCC[C@@H](NS(=O)(=O)c1cccc2nsnc12)[C@H]1CN(C(=O)c2cn[nH]n2)C[C@H]1C. The van der Waals surface area contributed by atoms with Crippen LogP contribution in [0.3, 0.4) is 0 Å². The van der Waals surface area contributed by atoms with Gasteiger partial charge in [0.15, 0.2) is 5.69 Å². The molecule has 2 aromatic heterocycles. The first-order valence-corrected chi connectivity index (χ1v) is 12.0. The standard InChI is InChI=1S/C18H23N7O3S2/c1-3-5-13(12-10-25(9-11(12)2)18(26)15-8-19-24-20-15)23-30(27,28)16-7-4-6-14-17(16)22-29-21-14/h4,6-8,11-13,23H,3,5,9-10H2,1-2H3,(H,19,20,24)/t11-,12+,13-/m1/s1. The van der Waals surface area contributed by atoms with E-state index in [1.807, 2.05) is 13.8 Å². The van der Waals surface area contributed by atoms with Crippen molar-refractivity contribution in [1.29, 1.82) is 0 Å². The van der Waals surface area contributed by atoms with Crippen molar-refractivity contribution in [3.05, 3.63) is 30.1 Å². The summed E-state index contributed by atoms with van der Waals surface area (Å²) in [5.74, 6) is -0.0744. The molecule has 0 bridgehead atoms. The van der Waals surface area contributed by atoms with Crippen LogP contribution in [-0.2, 0) is 10.0 Å². The summed E-state index contributed by atoms with van der Waals surface area (Å²) in [6.45, 7) is 5.07. The molecule has 0 radical (unpaired) electrons. The van der Waals surface area contributed by atoms with Gasteiger partial charge in [0.1, 0.15) is 15.9 Å². The van der Waals surface area contributed by atoms with E-state index in [9.17, 15) is 13.2 Å². The number of likely N-dealkylation sites (tertiary alicyclic amines) is 1. The van der Waals surface area contributed by atoms with Gasteiger partial charge in [0, 0.05) is 19.1 Å². The minimum absolute atomic E-state index is 0.0108. The number of rotatable bonds is 7. The van der Waals surface area contributed by atoms with E-state index in [-0.39, 0.29) is 34.4 Å². The van der Waals surface area contributed by atoms with Crippen LogP contribution in [0.25, 0.3) is 11.0 Å². The van der Waals surface area contributed by atoms with Crippen molar-refractivity contribution >= 4 is 38.7 Å². The van der Waals surface area contributed by atoms with Gasteiger partial charge >= 0.3 is 0 Å². The number of carbonyl (C=O) groups excluding carboxylic acids is 1. The normalized spacial score (nSPS) is 20.7. The molecule has 3 heterocycles. The lowest BCUT2D eigenvalue weighted by Crippen LogP contribution is -2.43. The Morgan fingerprint density at radius 2 is 2.20 bits per heavy atom. The van der Waals surface area contributed by atoms with Gasteiger partial charge in [-0.1, -0.05) is 26.3 Å². The van der Waals surface area contributed by atoms with Crippen molar-refractivity contribution < 1.29 is 13.2 Å². The zero-order valence-corrected chi connectivity index (χ0v) is 18.3. The number of fused-ring (bicyclic) bond motifs is 1. The molecule has 2 N–H and O–H groups in total. The molecular formula is C18H23N7O3S2. The van der Waals surface area contributed by atoms with E-state index in [0.717, 1.165) is 18.1 Å². The van der Waals surface area contributed by atoms with E-state index in [0.29, 0.717) is 30.5 Å². The molecule has 4 rings (SSSR count). The van der Waals surface area contributed by atoms with Crippen LogP contribution in [-0.4, -0.2) is 62.5 Å². The highest BCUT2D eigenvalue weighted by molar-refractivity contribution is 7.89. The molecule has 12 heteroatoms. The van der Waals surface area contributed by atoms with Gasteiger partial charge in [-0.25, -0.2) is 13.1 Å². The number of aromatic nitrogens is 5. The highest BCUT2D eigenvalue weighted by Gasteiger charge is 2.39. The molecule has 1 saturated heterocycles. The maximum absolute atomic E-state index is 13.2. The summed E-state index contributed by atoms with van der Waals surface area (Å²) in [6, 6.07) is 4.66. The largest absolute Gasteiger partial charge is 0.337 e. The lowest BCUT2D eigenvalue weighted by atomic mass is 9.88. The Kier molecular flexibility index (Phi) is 5.80. The van der Waals surface area contributed by atoms with Crippen molar-refractivity contribution in [1.82, 2.24) is 33.8 Å². The molecule has 1 aromatic carbocycles. The minimum atomic E-state index is -3.80. The van der Waals surface area contributed by atoms with Crippen LogP contribution in [0.4, 0.5) is 0 Å². The molecule has 160 valence electrons. The zero-order chi connectivity index (χ0) is 21.3. The second kappa shape index (κ2) is 8.36. The third-order valence-corrected chi connectivity index (χ3v) is 7.62. The van der Waals surface area contributed by atoms with Crippen molar-refractivity contribution in [3.8, 4) is 0 Å². The third-order valence-electron chi connectivity index (χ3n) is 5.55. The van der Waals surface area contributed by atoms with Gasteiger partial charge in [-0.3, -0.25) is 4.79 Å². The number of hydrogen-bond donors (Lipinski definition) is 2. The number of nitrogens with one attached hydrogen (secondary N) is 2. The number of nitrogens with zero attached hydrogens (tertiary/aromatic N) is 5. The summed E-state index contributed by atoms with van der Waals surface area (Å²) in [6.07, 6.45) is 2.89. The summed E-state index contributed by atoms with van der Waals surface area (Å²) >= 11 is 0.990. The average Bonchev–Trinajstić information content (AvgIpc) is 3.47. The van der Waals surface area contributed by atoms with Gasteiger partial charge in [-0.05, 0) is 30.4 Å². The maximum atomic E-state index is 13.2. The fourth-order valence-corrected chi connectivity index (χ4v) is 6.17.